The van der Waals surface area contributed by atoms with Crippen molar-refractivity contribution in [1.29, 1.82) is 0 Å². The van der Waals surface area contributed by atoms with Crippen LogP contribution in [0.15, 0.2) is 60.7 Å². The summed E-state index contributed by atoms with van der Waals surface area (Å²) in [6.45, 7) is 2.25. The van der Waals surface area contributed by atoms with Crippen LogP contribution >= 0.6 is 0 Å². The van der Waals surface area contributed by atoms with Gasteiger partial charge in [-0.1, -0.05) is 84.5 Å². The fourth-order valence-corrected chi connectivity index (χ4v) is 4.65. The second-order valence-corrected chi connectivity index (χ2v) is 8.69. The highest BCUT2D eigenvalue weighted by Gasteiger charge is 2.32. The topological polar surface area (TPSA) is 75.9 Å². The molecule has 5 rings (SSSR count). The number of carbonyl (C=O) groups excluding carboxylic acids is 1. The molecule has 1 aliphatic carbocycles. The lowest BCUT2D eigenvalue weighted by Gasteiger charge is -2.33. The minimum Gasteiger partial charge on any atom is -0.352 e. The Bertz CT molecular complexity index is 1100. The number of aryl methyl sites for hydroxylation is 1. The van der Waals surface area contributed by atoms with Crippen molar-refractivity contribution < 1.29 is 4.79 Å². The third-order valence-electron chi connectivity index (χ3n) is 6.35. The number of aromatic nitrogens is 4. The van der Waals surface area contributed by atoms with Gasteiger partial charge in [-0.2, -0.15) is 4.68 Å². The SMILES string of the molecule is Cc1ccc(C2=C[C@@H](c3ccccc3)n3nnnc3N2CC(=O)NC2CCCCC2)cc1. The molecule has 0 unspecified atom stereocenters. The summed E-state index contributed by atoms with van der Waals surface area (Å²) in [6, 6.07) is 18.7. The average molecular weight is 429 g/mol. The Morgan fingerprint density at radius 3 is 2.53 bits per heavy atom. The van der Waals surface area contributed by atoms with Crippen LogP contribution in [-0.4, -0.2) is 38.7 Å². The number of fused-ring (bicyclic) bond motifs is 1. The Morgan fingerprint density at radius 2 is 1.78 bits per heavy atom. The number of allylic oxidation sites excluding steroid dienone is 1. The van der Waals surface area contributed by atoms with Crippen LogP contribution in [0.1, 0.15) is 54.8 Å². The van der Waals surface area contributed by atoms with E-state index in [-0.39, 0.29) is 24.5 Å². The van der Waals surface area contributed by atoms with Crippen molar-refractivity contribution in [1.82, 2.24) is 25.5 Å². The fraction of sp³-hybridized carbons (Fsp3) is 0.360. The van der Waals surface area contributed by atoms with Gasteiger partial charge in [-0.25, -0.2) is 0 Å². The molecular formula is C25H28N6O. The first-order valence-corrected chi connectivity index (χ1v) is 11.4. The molecule has 32 heavy (non-hydrogen) atoms. The number of tetrazole rings is 1. The van der Waals surface area contributed by atoms with E-state index in [4.69, 9.17) is 0 Å². The average Bonchev–Trinajstić information content (AvgIpc) is 3.31. The molecule has 0 radical (unpaired) electrons. The zero-order valence-corrected chi connectivity index (χ0v) is 18.3. The van der Waals surface area contributed by atoms with E-state index in [1.54, 1.807) is 4.68 Å². The summed E-state index contributed by atoms with van der Waals surface area (Å²) < 4.78 is 1.79. The molecule has 3 aromatic rings. The van der Waals surface area contributed by atoms with Crippen LogP contribution in [0.4, 0.5) is 5.95 Å². The van der Waals surface area contributed by atoms with Crippen molar-refractivity contribution in [2.24, 2.45) is 0 Å². The van der Waals surface area contributed by atoms with E-state index in [1.807, 2.05) is 23.1 Å². The van der Waals surface area contributed by atoms with Gasteiger partial charge < -0.3 is 5.32 Å². The summed E-state index contributed by atoms with van der Waals surface area (Å²) in [5.41, 5.74) is 4.27. The summed E-state index contributed by atoms with van der Waals surface area (Å²) in [5, 5.41) is 15.8. The Hall–Kier alpha value is -3.48. The number of rotatable bonds is 5. The third-order valence-corrected chi connectivity index (χ3v) is 6.35. The smallest absolute Gasteiger partial charge is 0.251 e. The molecule has 1 aliphatic heterocycles. The number of hydrogen-bond donors (Lipinski definition) is 1. The molecule has 1 aromatic heterocycles. The lowest BCUT2D eigenvalue weighted by atomic mass is 9.95. The van der Waals surface area contributed by atoms with E-state index in [0.29, 0.717) is 5.95 Å². The van der Waals surface area contributed by atoms with Gasteiger partial charge in [-0.3, -0.25) is 9.69 Å². The number of carbonyl (C=O) groups is 1. The second kappa shape index (κ2) is 8.94. The van der Waals surface area contributed by atoms with Gasteiger partial charge in [0.05, 0.1) is 5.70 Å². The molecule has 1 fully saturated rings. The number of nitrogens with one attached hydrogen (secondary N) is 1. The Kier molecular flexibility index (Phi) is 5.71. The molecule has 7 heteroatoms. The van der Waals surface area contributed by atoms with Crippen molar-refractivity contribution >= 4 is 17.6 Å². The number of amides is 1. The Labute approximate surface area is 188 Å². The first kappa shape index (κ1) is 20.4. The zero-order valence-electron chi connectivity index (χ0n) is 18.3. The molecule has 2 heterocycles. The second-order valence-electron chi connectivity index (χ2n) is 8.69. The number of anilines is 1. The van der Waals surface area contributed by atoms with Crippen molar-refractivity contribution in [3.05, 3.63) is 77.4 Å². The molecule has 1 atom stereocenters. The minimum atomic E-state index is -0.143. The van der Waals surface area contributed by atoms with Gasteiger partial charge >= 0.3 is 0 Å². The van der Waals surface area contributed by atoms with Gasteiger partial charge in [0.15, 0.2) is 0 Å². The molecule has 0 saturated heterocycles. The Balaban J connectivity index is 1.50. The van der Waals surface area contributed by atoms with Crippen LogP contribution in [0.25, 0.3) is 5.70 Å². The highest BCUT2D eigenvalue weighted by molar-refractivity contribution is 5.89. The number of benzene rings is 2. The molecule has 0 spiro atoms. The molecule has 1 amide bonds. The quantitative estimate of drug-likeness (QED) is 0.667. The fourth-order valence-electron chi connectivity index (χ4n) is 4.65. The van der Waals surface area contributed by atoms with E-state index in [0.717, 1.165) is 29.7 Å². The predicted molar refractivity (Wildman–Crippen MR) is 124 cm³/mol. The van der Waals surface area contributed by atoms with Crippen LogP contribution in [0.5, 0.6) is 0 Å². The number of hydrogen-bond acceptors (Lipinski definition) is 5. The van der Waals surface area contributed by atoms with Crippen LogP contribution in [0, 0.1) is 6.92 Å². The van der Waals surface area contributed by atoms with Crippen molar-refractivity contribution in [2.75, 3.05) is 11.4 Å². The Morgan fingerprint density at radius 1 is 1.03 bits per heavy atom. The lowest BCUT2D eigenvalue weighted by molar-refractivity contribution is -0.120. The molecule has 1 saturated carbocycles. The van der Waals surface area contributed by atoms with Gasteiger partial charge in [0.2, 0.25) is 5.91 Å². The first-order valence-electron chi connectivity index (χ1n) is 11.4. The maximum Gasteiger partial charge on any atom is 0.251 e. The monoisotopic (exact) mass is 428 g/mol. The maximum absolute atomic E-state index is 13.0. The molecule has 164 valence electrons. The highest BCUT2D eigenvalue weighted by Crippen LogP contribution is 2.36. The zero-order chi connectivity index (χ0) is 21.9. The summed E-state index contributed by atoms with van der Waals surface area (Å²) in [6.07, 6.45) is 7.88. The molecule has 2 aromatic carbocycles. The molecule has 2 aliphatic rings. The van der Waals surface area contributed by atoms with Crippen molar-refractivity contribution in [3.63, 3.8) is 0 Å². The van der Waals surface area contributed by atoms with Crippen LogP contribution in [-0.2, 0) is 4.79 Å². The van der Waals surface area contributed by atoms with Crippen LogP contribution in [0.3, 0.4) is 0 Å². The van der Waals surface area contributed by atoms with Gasteiger partial charge in [-0.05, 0) is 47.4 Å². The van der Waals surface area contributed by atoms with Gasteiger partial charge in [0, 0.05) is 6.04 Å². The summed E-state index contributed by atoms with van der Waals surface area (Å²) in [4.78, 5) is 15.0. The number of nitrogens with zero attached hydrogens (tertiary/aromatic N) is 5. The molecule has 7 nitrogen and oxygen atoms in total. The van der Waals surface area contributed by atoms with E-state index >= 15 is 0 Å². The summed E-state index contributed by atoms with van der Waals surface area (Å²) in [5.74, 6) is 0.582. The minimum absolute atomic E-state index is 0.00243. The summed E-state index contributed by atoms with van der Waals surface area (Å²) >= 11 is 0. The van der Waals surface area contributed by atoms with Crippen LogP contribution < -0.4 is 10.2 Å². The predicted octanol–water partition coefficient (Wildman–Crippen LogP) is 3.88. The van der Waals surface area contributed by atoms with Crippen LogP contribution in [0.2, 0.25) is 0 Å². The van der Waals surface area contributed by atoms with Gasteiger partial charge in [-0.15, -0.1) is 0 Å². The van der Waals surface area contributed by atoms with E-state index in [1.165, 1.54) is 24.8 Å². The van der Waals surface area contributed by atoms with Gasteiger partial charge in [0.1, 0.15) is 12.6 Å². The largest absolute Gasteiger partial charge is 0.352 e. The summed E-state index contributed by atoms with van der Waals surface area (Å²) in [7, 11) is 0. The molecule has 1 N–H and O–H groups in total. The standard InChI is InChI=1S/C25H28N6O/c1-18-12-14-20(15-13-18)22-16-23(19-8-4-2-5-9-19)31-25(27-28-29-31)30(22)17-24(32)26-21-10-6-3-7-11-21/h2,4-5,8-9,12-16,21,23H,3,6-7,10-11,17H2,1H3,(H,26,32)/t23-/m0/s1. The van der Waals surface area contributed by atoms with Crippen molar-refractivity contribution in [3.8, 4) is 0 Å². The van der Waals surface area contributed by atoms with E-state index in [2.05, 4.69) is 70.2 Å². The van der Waals surface area contributed by atoms with Crippen molar-refractivity contribution in [2.45, 2.75) is 51.1 Å². The third kappa shape index (κ3) is 4.15. The van der Waals surface area contributed by atoms with E-state index < -0.39 is 0 Å². The maximum atomic E-state index is 13.0. The normalized spacial score (nSPS) is 18.7. The first-order chi connectivity index (χ1) is 15.7. The molecule has 0 bridgehead atoms. The lowest BCUT2D eigenvalue weighted by Crippen LogP contribution is -2.44. The highest BCUT2D eigenvalue weighted by atomic mass is 16.2. The van der Waals surface area contributed by atoms with Gasteiger partial charge in [0.25, 0.3) is 5.95 Å². The molecular weight excluding hydrogens is 400 g/mol. The van der Waals surface area contributed by atoms with E-state index in [9.17, 15) is 4.79 Å².